The molecule has 8 heteroatoms. The second-order valence-electron chi connectivity index (χ2n) is 5.19. The molecule has 0 aromatic heterocycles. The Morgan fingerprint density at radius 1 is 1.17 bits per heavy atom. The van der Waals surface area contributed by atoms with E-state index >= 15 is 0 Å². The van der Waals surface area contributed by atoms with Gasteiger partial charge in [-0.25, -0.2) is 0 Å². The Morgan fingerprint density at radius 2 is 1.78 bits per heavy atom. The Labute approximate surface area is 133 Å². The normalized spacial score (nSPS) is 14.5. The number of carbonyl (C=O) groups is 3. The molecule has 2 atom stereocenters. The lowest BCUT2D eigenvalue weighted by molar-refractivity contribution is -0.142. The molecule has 2 N–H and O–H groups in total. The summed E-state index contributed by atoms with van der Waals surface area (Å²) in [7, 11) is -3.59. The number of hydrogen-bond acceptors (Lipinski definition) is 5. The van der Waals surface area contributed by atoms with E-state index < -0.39 is 31.2 Å². The van der Waals surface area contributed by atoms with Crippen LogP contribution in [0.4, 0.5) is 0 Å². The van der Waals surface area contributed by atoms with E-state index in [0.717, 1.165) is 6.92 Å². The molecule has 0 spiro atoms. The average Bonchev–Trinajstić information content (AvgIpc) is 2.43. The van der Waals surface area contributed by atoms with E-state index in [4.69, 9.17) is 9.63 Å². The Morgan fingerprint density at radius 3 is 2.26 bits per heavy atom. The van der Waals surface area contributed by atoms with Gasteiger partial charge in [0, 0.05) is 19.5 Å². The number of carboxylic acid groups (broad SMARTS) is 2. The van der Waals surface area contributed by atoms with Gasteiger partial charge in [0.25, 0.3) is 7.37 Å². The van der Waals surface area contributed by atoms with Crippen LogP contribution >= 0.6 is 7.37 Å². The largest absolute Gasteiger partial charge is 0.481 e. The molecule has 0 bridgehead atoms. The van der Waals surface area contributed by atoms with Gasteiger partial charge in [-0.05, 0) is 12.0 Å². The third-order valence-electron chi connectivity index (χ3n) is 3.12. The van der Waals surface area contributed by atoms with Gasteiger partial charge in [-0.2, -0.15) is 0 Å². The molecule has 0 saturated carbocycles. The molecule has 126 valence electrons. The molecule has 7 nitrogen and oxygen atoms in total. The van der Waals surface area contributed by atoms with Crippen molar-refractivity contribution in [2.75, 3.05) is 6.16 Å². The number of rotatable bonds is 9. The summed E-state index contributed by atoms with van der Waals surface area (Å²) in [6.45, 7) is 1.10. The second-order valence-corrected chi connectivity index (χ2v) is 7.68. The van der Waals surface area contributed by atoms with Crippen LogP contribution in [0.15, 0.2) is 30.3 Å². The zero-order chi connectivity index (χ0) is 17.5. The fourth-order valence-electron chi connectivity index (χ4n) is 2.16. The lowest BCUT2D eigenvalue weighted by Gasteiger charge is -2.21. The number of benzene rings is 1. The van der Waals surface area contributed by atoms with Crippen LogP contribution in [0, 0.1) is 5.92 Å². The van der Waals surface area contributed by atoms with Crippen LogP contribution in [0.25, 0.3) is 0 Å². The highest BCUT2D eigenvalue weighted by molar-refractivity contribution is 7.58. The molecule has 0 saturated heterocycles. The molecular formula is C15H19O7P. The molecule has 0 heterocycles. The fourth-order valence-corrected chi connectivity index (χ4v) is 4.67. The summed E-state index contributed by atoms with van der Waals surface area (Å²) in [4.78, 5) is 33.1. The summed E-state index contributed by atoms with van der Waals surface area (Å²) in [5.74, 6) is -4.31. The number of aliphatic carboxylic acids is 2. The maximum atomic E-state index is 12.9. The van der Waals surface area contributed by atoms with Crippen molar-refractivity contribution < 1.29 is 33.7 Å². The number of carbonyl (C=O) groups excluding carboxylic acids is 1. The van der Waals surface area contributed by atoms with E-state index in [0.29, 0.717) is 5.56 Å². The van der Waals surface area contributed by atoms with Gasteiger partial charge in [0.05, 0.1) is 12.1 Å². The summed E-state index contributed by atoms with van der Waals surface area (Å²) in [6, 6.07) is 8.62. The first-order chi connectivity index (χ1) is 10.7. The molecular weight excluding hydrogens is 323 g/mol. The first-order valence-electron chi connectivity index (χ1n) is 6.98. The van der Waals surface area contributed by atoms with Gasteiger partial charge in [0.1, 0.15) is 0 Å². The highest BCUT2D eigenvalue weighted by Gasteiger charge is 2.34. The molecule has 0 aliphatic carbocycles. The first kappa shape index (κ1) is 18.9. The summed E-state index contributed by atoms with van der Waals surface area (Å²) in [5, 5.41) is 17.9. The molecule has 2 unspecified atom stereocenters. The third-order valence-corrected chi connectivity index (χ3v) is 5.55. The number of carboxylic acids is 2. The minimum Gasteiger partial charge on any atom is -0.481 e. The predicted molar refractivity (Wildman–Crippen MR) is 82.4 cm³/mol. The standard InChI is InChI=1S/C15H19O7P/c1-11(16)22-23(21,9-12-5-3-2-4-6-12)10-13(15(19)20)7-8-14(17)18/h2-6,13H,7-10H2,1H3,(H,17,18)(H,19,20). The van der Waals surface area contributed by atoms with Crippen molar-refractivity contribution >= 4 is 25.3 Å². The SMILES string of the molecule is CC(=O)OP(=O)(Cc1ccccc1)CC(CCC(=O)O)C(=O)O. The number of hydrogen-bond donors (Lipinski definition) is 2. The maximum Gasteiger partial charge on any atom is 0.307 e. The van der Waals surface area contributed by atoms with E-state index in [9.17, 15) is 24.1 Å². The summed E-state index contributed by atoms with van der Waals surface area (Å²) < 4.78 is 17.8. The van der Waals surface area contributed by atoms with Crippen molar-refractivity contribution in [3.8, 4) is 0 Å². The molecule has 23 heavy (non-hydrogen) atoms. The van der Waals surface area contributed by atoms with Gasteiger partial charge in [-0.1, -0.05) is 30.3 Å². The lowest BCUT2D eigenvalue weighted by Crippen LogP contribution is -2.21. The first-order valence-corrected chi connectivity index (χ1v) is 8.98. The highest BCUT2D eigenvalue weighted by Crippen LogP contribution is 2.52. The topological polar surface area (TPSA) is 118 Å². The van der Waals surface area contributed by atoms with Gasteiger partial charge in [-0.3, -0.25) is 18.9 Å². The molecule has 1 aromatic carbocycles. The Balaban J connectivity index is 2.94. The van der Waals surface area contributed by atoms with Gasteiger partial charge in [0.2, 0.25) is 0 Å². The Hall–Kier alpha value is -2.14. The Bertz CT molecular complexity index is 612. The molecule has 0 fully saturated rings. The highest BCUT2D eigenvalue weighted by atomic mass is 31.2. The fraction of sp³-hybridized carbons (Fsp3) is 0.400. The van der Waals surface area contributed by atoms with Crippen molar-refractivity contribution in [1.29, 1.82) is 0 Å². The van der Waals surface area contributed by atoms with Crippen LogP contribution in [0.2, 0.25) is 0 Å². The molecule has 1 aromatic rings. The van der Waals surface area contributed by atoms with E-state index in [-0.39, 0.29) is 25.2 Å². The van der Waals surface area contributed by atoms with Crippen LogP contribution in [-0.2, 0) is 29.6 Å². The van der Waals surface area contributed by atoms with Crippen molar-refractivity contribution in [3.63, 3.8) is 0 Å². The Kier molecular flexibility index (Phi) is 6.97. The average molecular weight is 342 g/mol. The van der Waals surface area contributed by atoms with Crippen LogP contribution in [0.3, 0.4) is 0 Å². The van der Waals surface area contributed by atoms with Gasteiger partial charge in [0.15, 0.2) is 0 Å². The monoisotopic (exact) mass is 342 g/mol. The quantitative estimate of drug-likeness (QED) is 0.662. The minimum absolute atomic E-state index is 0.0791. The van der Waals surface area contributed by atoms with Crippen LogP contribution in [0.1, 0.15) is 25.3 Å². The zero-order valence-corrected chi connectivity index (χ0v) is 13.6. The third kappa shape index (κ3) is 7.10. The van der Waals surface area contributed by atoms with Gasteiger partial charge >= 0.3 is 17.9 Å². The van der Waals surface area contributed by atoms with Crippen LogP contribution < -0.4 is 0 Å². The van der Waals surface area contributed by atoms with Crippen molar-refractivity contribution in [2.24, 2.45) is 5.92 Å². The molecule has 1 rings (SSSR count). The summed E-state index contributed by atoms with van der Waals surface area (Å²) in [5.41, 5.74) is 0.652. The summed E-state index contributed by atoms with van der Waals surface area (Å²) in [6.07, 6.45) is -0.999. The molecule has 0 amide bonds. The molecule has 0 aliphatic rings. The van der Waals surface area contributed by atoms with Gasteiger partial charge < -0.3 is 14.7 Å². The summed E-state index contributed by atoms with van der Waals surface area (Å²) >= 11 is 0. The van der Waals surface area contributed by atoms with Crippen LogP contribution in [-0.4, -0.2) is 34.3 Å². The minimum atomic E-state index is -3.59. The molecule has 0 radical (unpaired) electrons. The zero-order valence-electron chi connectivity index (χ0n) is 12.7. The van der Waals surface area contributed by atoms with E-state index in [2.05, 4.69) is 0 Å². The van der Waals surface area contributed by atoms with Gasteiger partial charge in [-0.15, -0.1) is 0 Å². The smallest absolute Gasteiger partial charge is 0.307 e. The second kappa shape index (κ2) is 8.48. The lowest BCUT2D eigenvalue weighted by atomic mass is 10.1. The van der Waals surface area contributed by atoms with Crippen LogP contribution in [0.5, 0.6) is 0 Å². The molecule has 0 aliphatic heterocycles. The van der Waals surface area contributed by atoms with Crippen molar-refractivity contribution in [3.05, 3.63) is 35.9 Å². The predicted octanol–water partition coefficient (Wildman–Crippen LogP) is 2.59. The van der Waals surface area contributed by atoms with E-state index in [1.165, 1.54) is 0 Å². The maximum absolute atomic E-state index is 12.9. The van der Waals surface area contributed by atoms with Crippen molar-refractivity contribution in [1.82, 2.24) is 0 Å². The van der Waals surface area contributed by atoms with E-state index in [1.807, 2.05) is 0 Å². The van der Waals surface area contributed by atoms with Crippen molar-refractivity contribution in [2.45, 2.75) is 25.9 Å². The van der Waals surface area contributed by atoms with E-state index in [1.54, 1.807) is 30.3 Å².